The van der Waals surface area contributed by atoms with Crippen LogP contribution in [0.25, 0.3) is 16.7 Å². The first kappa shape index (κ1) is 16.1. The molecule has 3 aromatic rings. The molecule has 25 heavy (non-hydrogen) atoms. The van der Waals surface area contributed by atoms with Gasteiger partial charge in [-0.3, -0.25) is 9.69 Å². The minimum absolute atomic E-state index is 0.0658. The fourth-order valence-electron chi connectivity index (χ4n) is 3.04. The number of fused-ring (bicyclic) bond motifs is 3. The largest absolute Gasteiger partial charge is 0.379 e. The van der Waals surface area contributed by atoms with Crippen molar-refractivity contribution in [2.24, 2.45) is 0 Å². The summed E-state index contributed by atoms with van der Waals surface area (Å²) in [5.74, 6) is 1.00. The first-order chi connectivity index (χ1) is 12.3. The SMILES string of the molecule is COCc1nc2ncc3c(=O)n(CCN4CCOCC4)ccc3n2n1. The van der Waals surface area contributed by atoms with Gasteiger partial charge in [0.05, 0.1) is 24.1 Å². The van der Waals surface area contributed by atoms with Gasteiger partial charge in [-0.15, -0.1) is 5.10 Å². The molecule has 0 unspecified atom stereocenters. The Balaban J connectivity index is 1.65. The van der Waals surface area contributed by atoms with Crippen LogP contribution in [-0.2, 0) is 22.6 Å². The van der Waals surface area contributed by atoms with Gasteiger partial charge in [-0.05, 0) is 6.07 Å². The molecular weight excluding hydrogens is 324 g/mol. The van der Waals surface area contributed by atoms with Gasteiger partial charge in [0.1, 0.15) is 6.61 Å². The molecule has 0 spiro atoms. The van der Waals surface area contributed by atoms with Crippen molar-refractivity contribution in [3.05, 3.63) is 34.6 Å². The van der Waals surface area contributed by atoms with Crippen molar-refractivity contribution in [3.63, 3.8) is 0 Å². The van der Waals surface area contributed by atoms with E-state index in [9.17, 15) is 4.79 Å². The Kier molecular flexibility index (Phi) is 4.43. The highest BCUT2D eigenvalue weighted by atomic mass is 16.5. The molecule has 9 heteroatoms. The summed E-state index contributed by atoms with van der Waals surface area (Å²) in [7, 11) is 1.59. The van der Waals surface area contributed by atoms with Crippen LogP contribution in [0.4, 0.5) is 0 Å². The highest BCUT2D eigenvalue weighted by molar-refractivity contribution is 5.78. The molecule has 0 atom stereocenters. The zero-order valence-electron chi connectivity index (χ0n) is 14.1. The van der Waals surface area contributed by atoms with E-state index in [2.05, 4.69) is 20.0 Å². The third kappa shape index (κ3) is 3.13. The maximum atomic E-state index is 12.8. The third-order valence-corrected chi connectivity index (χ3v) is 4.39. The van der Waals surface area contributed by atoms with Crippen LogP contribution in [-0.4, -0.2) is 69.0 Å². The summed E-state index contributed by atoms with van der Waals surface area (Å²) in [4.78, 5) is 23.6. The van der Waals surface area contributed by atoms with E-state index in [4.69, 9.17) is 9.47 Å². The van der Waals surface area contributed by atoms with Gasteiger partial charge in [0.15, 0.2) is 5.82 Å². The van der Waals surface area contributed by atoms with Gasteiger partial charge >= 0.3 is 0 Å². The Morgan fingerprint density at radius 2 is 2.12 bits per heavy atom. The minimum atomic E-state index is -0.0658. The summed E-state index contributed by atoms with van der Waals surface area (Å²) in [6.45, 7) is 5.10. The van der Waals surface area contributed by atoms with Crippen molar-refractivity contribution in [1.29, 1.82) is 0 Å². The highest BCUT2D eigenvalue weighted by Crippen LogP contribution is 2.11. The number of nitrogens with zero attached hydrogens (tertiary/aromatic N) is 6. The lowest BCUT2D eigenvalue weighted by atomic mass is 10.3. The number of methoxy groups -OCH3 is 1. The quantitative estimate of drug-likeness (QED) is 0.640. The standard InChI is InChI=1S/C16H20N6O3/c1-24-11-14-18-16-17-10-12-13(22(16)19-14)2-3-21(15(12)23)5-4-20-6-8-25-9-7-20/h2-3,10H,4-9,11H2,1H3. The van der Waals surface area contributed by atoms with E-state index in [1.807, 2.05) is 12.3 Å². The van der Waals surface area contributed by atoms with Gasteiger partial charge in [0.25, 0.3) is 11.3 Å². The zero-order valence-corrected chi connectivity index (χ0v) is 14.1. The first-order valence-electron chi connectivity index (χ1n) is 8.29. The van der Waals surface area contributed by atoms with Crippen LogP contribution < -0.4 is 5.56 Å². The Morgan fingerprint density at radius 1 is 1.28 bits per heavy atom. The number of aromatic nitrogens is 5. The van der Waals surface area contributed by atoms with Crippen LogP contribution >= 0.6 is 0 Å². The number of rotatable bonds is 5. The van der Waals surface area contributed by atoms with Crippen molar-refractivity contribution in [2.45, 2.75) is 13.2 Å². The molecular formula is C16H20N6O3. The maximum Gasteiger partial charge on any atom is 0.261 e. The average Bonchev–Trinajstić information content (AvgIpc) is 3.05. The summed E-state index contributed by atoms with van der Waals surface area (Å²) in [5.41, 5.74) is 0.636. The molecule has 1 aliphatic rings. The Morgan fingerprint density at radius 3 is 2.92 bits per heavy atom. The smallest absolute Gasteiger partial charge is 0.261 e. The van der Waals surface area contributed by atoms with Gasteiger partial charge in [0, 0.05) is 45.7 Å². The molecule has 3 aromatic heterocycles. The molecule has 0 N–H and O–H groups in total. The molecule has 132 valence electrons. The van der Waals surface area contributed by atoms with Crippen molar-refractivity contribution >= 4 is 16.7 Å². The van der Waals surface area contributed by atoms with Crippen LogP contribution in [0.15, 0.2) is 23.3 Å². The summed E-state index contributed by atoms with van der Waals surface area (Å²) < 4.78 is 13.7. The molecule has 9 nitrogen and oxygen atoms in total. The zero-order chi connectivity index (χ0) is 17.2. The Labute approximate surface area is 143 Å². The van der Waals surface area contributed by atoms with Gasteiger partial charge in [-0.25, -0.2) is 4.98 Å². The van der Waals surface area contributed by atoms with E-state index in [1.165, 1.54) is 0 Å². The molecule has 1 fully saturated rings. The van der Waals surface area contributed by atoms with Crippen molar-refractivity contribution in [2.75, 3.05) is 40.0 Å². The fourth-order valence-corrected chi connectivity index (χ4v) is 3.04. The van der Waals surface area contributed by atoms with Crippen LogP contribution in [0, 0.1) is 0 Å². The molecule has 0 bridgehead atoms. The second-order valence-corrected chi connectivity index (χ2v) is 6.00. The number of ether oxygens (including phenoxy) is 2. The second-order valence-electron chi connectivity index (χ2n) is 6.00. The highest BCUT2D eigenvalue weighted by Gasteiger charge is 2.13. The van der Waals surface area contributed by atoms with Gasteiger partial charge in [0.2, 0.25) is 0 Å². The Hall–Kier alpha value is -2.36. The van der Waals surface area contributed by atoms with Crippen LogP contribution in [0.2, 0.25) is 0 Å². The number of pyridine rings is 1. The van der Waals surface area contributed by atoms with E-state index < -0.39 is 0 Å². The van der Waals surface area contributed by atoms with Gasteiger partial charge in [-0.1, -0.05) is 0 Å². The molecule has 4 rings (SSSR count). The normalized spacial score (nSPS) is 16.0. The van der Waals surface area contributed by atoms with E-state index in [-0.39, 0.29) is 5.56 Å². The minimum Gasteiger partial charge on any atom is -0.379 e. The number of hydrogen-bond acceptors (Lipinski definition) is 7. The van der Waals surface area contributed by atoms with Gasteiger partial charge < -0.3 is 14.0 Å². The lowest BCUT2D eigenvalue weighted by Crippen LogP contribution is -2.39. The third-order valence-electron chi connectivity index (χ3n) is 4.39. The molecule has 0 aliphatic carbocycles. The van der Waals surface area contributed by atoms with Crippen LogP contribution in [0.1, 0.15) is 5.82 Å². The molecule has 1 aliphatic heterocycles. The summed E-state index contributed by atoms with van der Waals surface area (Å²) in [6.07, 6.45) is 3.38. The van der Waals surface area contributed by atoms with Crippen LogP contribution in [0.5, 0.6) is 0 Å². The summed E-state index contributed by atoms with van der Waals surface area (Å²) in [5, 5.41) is 4.90. The monoisotopic (exact) mass is 344 g/mol. The maximum absolute atomic E-state index is 12.8. The van der Waals surface area contributed by atoms with Crippen molar-refractivity contribution in [1.82, 2.24) is 29.0 Å². The number of morpholine rings is 1. The molecule has 0 amide bonds. The predicted molar refractivity (Wildman–Crippen MR) is 90.5 cm³/mol. The first-order valence-corrected chi connectivity index (χ1v) is 8.29. The van der Waals surface area contributed by atoms with E-state index in [1.54, 1.807) is 22.4 Å². The van der Waals surface area contributed by atoms with E-state index in [0.29, 0.717) is 35.7 Å². The molecule has 0 radical (unpaired) electrons. The fraction of sp³-hybridized carbons (Fsp3) is 0.500. The molecule has 4 heterocycles. The summed E-state index contributed by atoms with van der Waals surface area (Å²) in [6, 6.07) is 1.88. The average molecular weight is 344 g/mol. The van der Waals surface area contributed by atoms with Gasteiger partial charge in [-0.2, -0.15) is 9.50 Å². The lowest BCUT2D eigenvalue weighted by molar-refractivity contribution is 0.0363. The number of hydrogen-bond donors (Lipinski definition) is 0. The topological polar surface area (TPSA) is 86.8 Å². The Bertz CT molecular complexity index is 944. The summed E-state index contributed by atoms with van der Waals surface area (Å²) >= 11 is 0. The van der Waals surface area contributed by atoms with E-state index in [0.717, 1.165) is 32.8 Å². The predicted octanol–water partition coefficient (Wildman–Crippen LogP) is -0.0822. The lowest BCUT2D eigenvalue weighted by Gasteiger charge is -2.26. The second kappa shape index (κ2) is 6.87. The van der Waals surface area contributed by atoms with Crippen molar-refractivity contribution in [3.8, 4) is 0 Å². The van der Waals surface area contributed by atoms with Crippen molar-refractivity contribution < 1.29 is 9.47 Å². The molecule has 1 saturated heterocycles. The van der Waals surface area contributed by atoms with E-state index >= 15 is 0 Å². The molecule has 0 aromatic carbocycles. The molecule has 0 saturated carbocycles. The van der Waals surface area contributed by atoms with Crippen LogP contribution in [0.3, 0.4) is 0 Å².